The maximum Gasteiger partial charge on any atom is 0.222 e. The first-order valence-corrected chi connectivity index (χ1v) is 11.1. The molecule has 1 aliphatic heterocycles. The van der Waals surface area contributed by atoms with Crippen LogP contribution in [0.15, 0.2) is 65.7 Å². The van der Waals surface area contributed by atoms with Crippen LogP contribution < -0.4 is 10.6 Å². The monoisotopic (exact) mass is 406 g/mol. The summed E-state index contributed by atoms with van der Waals surface area (Å²) < 4.78 is 0. The summed E-state index contributed by atoms with van der Waals surface area (Å²) in [4.78, 5) is 18.6. The van der Waals surface area contributed by atoms with E-state index >= 15 is 0 Å². The predicted molar refractivity (Wildman–Crippen MR) is 124 cm³/mol. The number of aliphatic imine (C=N–C) groups is 1. The molecule has 2 N–H and O–H groups in total. The molecule has 0 aliphatic carbocycles. The molecule has 3 rings (SSSR count). The third kappa shape index (κ3) is 6.90. The van der Waals surface area contributed by atoms with Crippen molar-refractivity contribution in [2.45, 2.75) is 38.5 Å². The lowest BCUT2D eigenvalue weighted by Gasteiger charge is -2.18. The molecule has 1 fully saturated rings. The number of nitrogens with zero attached hydrogens (tertiary/aromatic N) is 2. The number of amides is 1. The van der Waals surface area contributed by atoms with Crippen LogP contribution >= 0.6 is 0 Å². The quantitative estimate of drug-likeness (QED) is 0.360. The number of carbonyl (C=O) groups excluding carboxylic acids is 1. The first kappa shape index (κ1) is 21.9. The minimum absolute atomic E-state index is 0.294. The minimum atomic E-state index is 0.294. The average Bonchev–Trinajstić information content (AvgIpc) is 3.19. The molecule has 0 aromatic heterocycles. The summed E-state index contributed by atoms with van der Waals surface area (Å²) in [5, 5.41) is 6.78. The maximum absolute atomic E-state index is 11.7. The van der Waals surface area contributed by atoms with Gasteiger partial charge in [-0.15, -0.1) is 0 Å². The second kappa shape index (κ2) is 12.0. The Kier molecular flexibility index (Phi) is 8.76. The summed E-state index contributed by atoms with van der Waals surface area (Å²) >= 11 is 0. The van der Waals surface area contributed by atoms with Crippen molar-refractivity contribution in [3.8, 4) is 0 Å². The molecule has 160 valence electrons. The van der Waals surface area contributed by atoms with E-state index in [-0.39, 0.29) is 0 Å². The van der Waals surface area contributed by atoms with Crippen molar-refractivity contribution in [1.29, 1.82) is 0 Å². The average molecular weight is 407 g/mol. The smallest absolute Gasteiger partial charge is 0.222 e. The molecule has 5 heteroatoms. The number of carbonyl (C=O) groups is 1. The molecule has 1 saturated heterocycles. The van der Waals surface area contributed by atoms with Crippen LogP contribution in [-0.4, -0.2) is 49.5 Å². The van der Waals surface area contributed by atoms with Gasteiger partial charge in [-0.3, -0.25) is 9.79 Å². The molecule has 1 aliphatic rings. The van der Waals surface area contributed by atoms with Crippen LogP contribution in [0.1, 0.15) is 43.2 Å². The van der Waals surface area contributed by atoms with Crippen molar-refractivity contribution in [3.63, 3.8) is 0 Å². The fourth-order valence-corrected chi connectivity index (χ4v) is 3.87. The van der Waals surface area contributed by atoms with Gasteiger partial charge in [0.2, 0.25) is 5.91 Å². The lowest BCUT2D eigenvalue weighted by atomic mass is 9.92. The van der Waals surface area contributed by atoms with E-state index in [2.05, 4.69) is 78.2 Å². The summed E-state index contributed by atoms with van der Waals surface area (Å²) in [5.74, 6) is 1.47. The molecular weight excluding hydrogens is 372 g/mol. The van der Waals surface area contributed by atoms with Crippen LogP contribution in [-0.2, 0) is 11.2 Å². The molecule has 1 atom stereocenters. The van der Waals surface area contributed by atoms with Crippen LogP contribution in [0, 0.1) is 0 Å². The van der Waals surface area contributed by atoms with Gasteiger partial charge in [0.05, 0.1) is 0 Å². The van der Waals surface area contributed by atoms with Crippen molar-refractivity contribution >= 4 is 11.9 Å². The SMILES string of the molecule is CCNC(=NCC(Cc1ccccc1)c1ccccc1)NCCCN1CCCC1=O. The molecule has 1 unspecified atom stereocenters. The van der Waals surface area contributed by atoms with Gasteiger partial charge >= 0.3 is 0 Å². The molecule has 30 heavy (non-hydrogen) atoms. The van der Waals surface area contributed by atoms with Gasteiger partial charge in [-0.25, -0.2) is 0 Å². The lowest BCUT2D eigenvalue weighted by Crippen LogP contribution is -2.39. The molecule has 2 aromatic carbocycles. The van der Waals surface area contributed by atoms with Gasteiger partial charge < -0.3 is 15.5 Å². The Labute approximate surface area is 180 Å². The minimum Gasteiger partial charge on any atom is -0.357 e. The molecule has 2 aromatic rings. The Bertz CT molecular complexity index is 791. The van der Waals surface area contributed by atoms with E-state index in [0.29, 0.717) is 18.2 Å². The lowest BCUT2D eigenvalue weighted by molar-refractivity contribution is -0.127. The molecule has 0 bridgehead atoms. The summed E-state index contributed by atoms with van der Waals surface area (Å²) in [6.45, 7) is 6.17. The highest BCUT2D eigenvalue weighted by atomic mass is 16.2. The number of likely N-dealkylation sites (tertiary alicyclic amines) is 1. The first-order valence-electron chi connectivity index (χ1n) is 11.1. The maximum atomic E-state index is 11.7. The van der Waals surface area contributed by atoms with Crippen LogP contribution in [0.3, 0.4) is 0 Å². The van der Waals surface area contributed by atoms with Crippen molar-refractivity contribution < 1.29 is 4.79 Å². The summed E-state index contributed by atoms with van der Waals surface area (Å²) in [6.07, 6.45) is 3.60. The van der Waals surface area contributed by atoms with E-state index in [1.165, 1.54) is 11.1 Å². The van der Waals surface area contributed by atoms with Crippen LogP contribution in [0.4, 0.5) is 0 Å². The Morgan fingerprint density at radius 1 is 1.07 bits per heavy atom. The molecule has 1 amide bonds. The van der Waals surface area contributed by atoms with E-state index in [4.69, 9.17) is 4.99 Å². The van der Waals surface area contributed by atoms with Crippen LogP contribution in [0.5, 0.6) is 0 Å². The number of nitrogens with one attached hydrogen (secondary N) is 2. The highest BCUT2D eigenvalue weighted by Gasteiger charge is 2.19. The number of rotatable bonds is 10. The number of benzene rings is 2. The van der Waals surface area contributed by atoms with E-state index in [9.17, 15) is 4.79 Å². The molecule has 0 spiro atoms. The van der Waals surface area contributed by atoms with Gasteiger partial charge in [0.1, 0.15) is 0 Å². The predicted octanol–water partition coefficient (Wildman–Crippen LogP) is 3.58. The number of guanidine groups is 1. The van der Waals surface area contributed by atoms with Gasteiger partial charge in [0, 0.05) is 45.1 Å². The molecule has 0 radical (unpaired) electrons. The Morgan fingerprint density at radius 3 is 2.47 bits per heavy atom. The molecule has 5 nitrogen and oxygen atoms in total. The standard InChI is InChI=1S/C25H34N4O/c1-2-26-25(27-16-10-18-29-17-9-15-24(29)30)28-20-23(22-13-7-4-8-14-22)19-21-11-5-3-6-12-21/h3-8,11-14,23H,2,9-10,15-20H2,1H3,(H2,26,27,28). The van der Waals surface area contributed by atoms with Gasteiger partial charge in [-0.05, 0) is 37.3 Å². The van der Waals surface area contributed by atoms with Gasteiger partial charge in [0.25, 0.3) is 0 Å². The van der Waals surface area contributed by atoms with Gasteiger partial charge in [-0.1, -0.05) is 60.7 Å². The van der Waals surface area contributed by atoms with Crippen LogP contribution in [0.2, 0.25) is 0 Å². The fraction of sp³-hybridized carbons (Fsp3) is 0.440. The first-order chi connectivity index (χ1) is 14.8. The van der Waals surface area contributed by atoms with Crippen LogP contribution in [0.25, 0.3) is 0 Å². The zero-order valence-corrected chi connectivity index (χ0v) is 18.0. The topological polar surface area (TPSA) is 56.7 Å². The summed E-state index contributed by atoms with van der Waals surface area (Å²) in [7, 11) is 0. The van der Waals surface area contributed by atoms with Gasteiger partial charge in [-0.2, -0.15) is 0 Å². The second-order valence-corrected chi connectivity index (χ2v) is 7.78. The zero-order valence-electron chi connectivity index (χ0n) is 18.0. The molecular formula is C25H34N4O. The Hall–Kier alpha value is -2.82. The van der Waals surface area contributed by atoms with Crippen molar-refractivity contribution in [1.82, 2.24) is 15.5 Å². The van der Waals surface area contributed by atoms with E-state index in [0.717, 1.165) is 57.9 Å². The van der Waals surface area contributed by atoms with Gasteiger partial charge in [0.15, 0.2) is 5.96 Å². The third-order valence-electron chi connectivity index (χ3n) is 5.48. The summed E-state index contributed by atoms with van der Waals surface area (Å²) in [6, 6.07) is 21.2. The molecule has 1 heterocycles. The van der Waals surface area contributed by atoms with Crippen molar-refractivity contribution in [2.24, 2.45) is 4.99 Å². The zero-order chi connectivity index (χ0) is 21.0. The normalized spacial score (nSPS) is 15.3. The van der Waals surface area contributed by atoms with Crippen molar-refractivity contribution in [3.05, 3.63) is 71.8 Å². The van der Waals surface area contributed by atoms with E-state index < -0.39 is 0 Å². The summed E-state index contributed by atoms with van der Waals surface area (Å²) in [5.41, 5.74) is 2.64. The van der Waals surface area contributed by atoms with E-state index in [1.807, 2.05) is 4.90 Å². The Morgan fingerprint density at radius 2 is 1.80 bits per heavy atom. The number of hydrogen-bond donors (Lipinski definition) is 2. The van der Waals surface area contributed by atoms with Crippen molar-refractivity contribution in [2.75, 3.05) is 32.7 Å². The highest BCUT2D eigenvalue weighted by Crippen LogP contribution is 2.21. The highest BCUT2D eigenvalue weighted by molar-refractivity contribution is 5.80. The fourth-order valence-electron chi connectivity index (χ4n) is 3.87. The second-order valence-electron chi connectivity index (χ2n) is 7.78. The Balaban J connectivity index is 1.58. The third-order valence-corrected chi connectivity index (χ3v) is 5.48. The number of hydrogen-bond acceptors (Lipinski definition) is 2. The molecule has 0 saturated carbocycles. The largest absolute Gasteiger partial charge is 0.357 e. The van der Waals surface area contributed by atoms with E-state index in [1.54, 1.807) is 0 Å².